The Morgan fingerprint density at radius 2 is 1.67 bits per heavy atom. The predicted molar refractivity (Wildman–Crippen MR) is 105 cm³/mol. The Labute approximate surface area is 160 Å². The summed E-state index contributed by atoms with van der Waals surface area (Å²) in [7, 11) is 0. The van der Waals surface area contributed by atoms with Crippen LogP contribution in [0.15, 0.2) is 36.4 Å². The second-order valence-corrected chi connectivity index (χ2v) is 6.80. The van der Waals surface area contributed by atoms with Crippen molar-refractivity contribution in [1.29, 1.82) is 0 Å². The van der Waals surface area contributed by atoms with E-state index in [1.165, 1.54) is 0 Å². The number of carboxylic acid groups (broad SMARTS) is 1. The van der Waals surface area contributed by atoms with Crippen molar-refractivity contribution in [3.8, 4) is 5.75 Å². The van der Waals surface area contributed by atoms with Gasteiger partial charge < -0.3 is 15.2 Å². The number of carboxylic acids is 1. The lowest BCUT2D eigenvalue weighted by atomic mass is 9.97. The van der Waals surface area contributed by atoms with Crippen molar-refractivity contribution in [2.45, 2.75) is 34.1 Å². The van der Waals surface area contributed by atoms with Crippen molar-refractivity contribution >= 4 is 11.9 Å². The number of carbonyl (C=O) groups excluding carboxylic acids is 1. The second kappa shape index (κ2) is 9.21. The molecule has 0 aliphatic heterocycles. The molecular formula is C22H27NO4. The SMILES string of the molecule is CCOc1ccc(CC(CNC(=O)c2c(C)cc(C)cc2C)C(=O)O)cc1. The van der Waals surface area contributed by atoms with Crippen LogP contribution in [0.25, 0.3) is 0 Å². The standard InChI is InChI=1S/C22H27NO4/c1-5-27-19-8-6-17(7-9-19)12-18(22(25)26)13-23-21(24)20-15(3)10-14(2)11-16(20)4/h6-11,18H,5,12-13H2,1-4H3,(H,23,24)(H,25,26). The third-order valence-electron chi connectivity index (χ3n) is 4.48. The van der Waals surface area contributed by atoms with Crippen LogP contribution in [0.4, 0.5) is 0 Å². The fourth-order valence-electron chi connectivity index (χ4n) is 3.26. The molecule has 0 heterocycles. The smallest absolute Gasteiger partial charge is 0.308 e. The molecule has 2 N–H and O–H groups in total. The maximum Gasteiger partial charge on any atom is 0.308 e. The molecule has 1 amide bonds. The summed E-state index contributed by atoms with van der Waals surface area (Å²) in [6.07, 6.45) is 0.341. The molecule has 0 spiro atoms. The van der Waals surface area contributed by atoms with E-state index in [9.17, 15) is 14.7 Å². The minimum atomic E-state index is -0.929. The average molecular weight is 369 g/mol. The lowest BCUT2D eigenvalue weighted by Crippen LogP contribution is -2.34. The zero-order valence-corrected chi connectivity index (χ0v) is 16.3. The molecule has 1 atom stereocenters. The van der Waals surface area contributed by atoms with E-state index in [1.54, 1.807) is 0 Å². The molecule has 0 bridgehead atoms. The van der Waals surface area contributed by atoms with E-state index in [0.717, 1.165) is 28.0 Å². The molecule has 2 rings (SSSR count). The van der Waals surface area contributed by atoms with Crippen LogP contribution < -0.4 is 10.1 Å². The van der Waals surface area contributed by atoms with Gasteiger partial charge in [-0.15, -0.1) is 0 Å². The number of rotatable bonds is 8. The van der Waals surface area contributed by atoms with Crippen LogP contribution >= 0.6 is 0 Å². The molecular weight excluding hydrogens is 342 g/mol. The van der Waals surface area contributed by atoms with Gasteiger partial charge in [0.15, 0.2) is 0 Å². The van der Waals surface area contributed by atoms with Gasteiger partial charge in [0.1, 0.15) is 5.75 Å². The zero-order chi connectivity index (χ0) is 20.0. The normalized spacial score (nSPS) is 11.7. The van der Waals surface area contributed by atoms with Crippen molar-refractivity contribution in [2.75, 3.05) is 13.2 Å². The molecule has 0 saturated heterocycles. The van der Waals surface area contributed by atoms with Crippen LogP contribution in [0.2, 0.25) is 0 Å². The molecule has 0 saturated carbocycles. The largest absolute Gasteiger partial charge is 0.494 e. The summed E-state index contributed by atoms with van der Waals surface area (Å²) in [5, 5.41) is 12.3. The number of carbonyl (C=O) groups is 2. The fraction of sp³-hybridized carbons (Fsp3) is 0.364. The number of amides is 1. The van der Waals surface area contributed by atoms with Crippen molar-refractivity contribution in [1.82, 2.24) is 5.32 Å². The average Bonchev–Trinajstić information content (AvgIpc) is 2.59. The molecule has 1 unspecified atom stereocenters. The Bertz CT molecular complexity index is 789. The quantitative estimate of drug-likeness (QED) is 0.744. The summed E-state index contributed by atoms with van der Waals surface area (Å²) in [5.74, 6) is -1.10. The van der Waals surface area contributed by atoms with Crippen molar-refractivity contribution in [2.24, 2.45) is 5.92 Å². The number of aryl methyl sites for hydroxylation is 3. The number of hydrogen-bond donors (Lipinski definition) is 2. The van der Waals surface area contributed by atoms with E-state index in [1.807, 2.05) is 64.1 Å². The molecule has 2 aromatic rings. The molecule has 0 aromatic heterocycles. The van der Waals surface area contributed by atoms with Crippen LogP contribution in [0.3, 0.4) is 0 Å². The molecule has 0 radical (unpaired) electrons. The van der Waals surface area contributed by atoms with E-state index in [-0.39, 0.29) is 12.5 Å². The minimum absolute atomic E-state index is 0.0775. The summed E-state index contributed by atoms with van der Waals surface area (Å²) in [4.78, 5) is 24.2. The van der Waals surface area contributed by atoms with Crippen LogP contribution in [0, 0.1) is 26.7 Å². The van der Waals surface area contributed by atoms with Crippen LogP contribution in [-0.2, 0) is 11.2 Å². The summed E-state index contributed by atoms with van der Waals surface area (Å²) in [6, 6.07) is 11.3. The van der Waals surface area contributed by atoms with Crippen molar-refractivity contribution in [3.63, 3.8) is 0 Å². The van der Waals surface area contributed by atoms with Gasteiger partial charge in [-0.2, -0.15) is 0 Å². The third-order valence-corrected chi connectivity index (χ3v) is 4.48. The Morgan fingerprint density at radius 3 is 2.19 bits per heavy atom. The first-order valence-corrected chi connectivity index (χ1v) is 9.12. The highest BCUT2D eigenvalue weighted by molar-refractivity contribution is 5.97. The Kier molecular flexibility index (Phi) is 6.99. The van der Waals surface area contributed by atoms with E-state index in [0.29, 0.717) is 18.6 Å². The summed E-state index contributed by atoms with van der Waals surface area (Å²) in [6.45, 7) is 8.34. The second-order valence-electron chi connectivity index (χ2n) is 6.80. The number of benzene rings is 2. The molecule has 5 heteroatoms. The lowest BCUT2D eigenvalue weighted by molar-refractivity contribution is -0.141. The molecule has 144 valence electrons. The van der Waals surface area contributed by atoms with E-state index in [4.69, 9.17) is 4.74 Å². The monoisotopic (exact) mass is 369 g/mol. The Balaban J connectivity index is 2.04. The van der Waals surface area contributed by atoms with Gasteiger partial charge in [-0.3, -0.25) is 9.59 Å². The minimum Gasteiger partial charge on any atom is -0.494 e. The molecule has 0 aliphatic rings. The van der Waals surface area contributed by atoms with Crippen LogP contribution in [-0.4, -0.2) is 30.1 Å². The maximum absolute atomic E-state index is 12.6. The van der Waals surface area contributed by atoms with Gasteiger partial charge in [0.05, 0.1) is 12.5 Å². The highest BCUT2D eigenvalue weighted by Crippen LogP contribution is 2.18. The molecule has 5 nitrogen and oxygen atoms in total. The molecule has 0 fully saturated rings. The van der Waals surface area contributed by atoms with Crippen LogP contribution in [0.5, 0.6) is 5.75 Å². The van der Waals surface area contributed by atoms with Gasteiger partial charge >= 0.3 is 5.97 Å². The van der Waals surface area contributed by atoms with E-state index in [2.05, 4.69) is 5.32 Å². The third kappa shape index (κ3) is 5.58. The first kappa shape index (κ1) is 20.5. The molecule has 2 aromatic carbocycles. The van der Waals surface area contributed by atoms with Crippen molar-refractivity contribution in [3.05, 3.63) is 64.2 Å². The highest BCUT2D eigenvalue weighted by atomic mass is 16.5. The Hall–Kier alpha value is -2.82. The highest BCUT2D eigenvalue weighted by Gasteiger charge is 2.20. The van der Waals surface area contributed by atoms with E-state index < -0.39 is 11.9 Å². The van der Waals surface area contributed by atoms with Gasteiger partial charge in [0.25, 0.3) is 5.91 Å². The summed E-state index contributed by atoms with van der Waals surface area (Å²) >= 11 is 0. The molecule has 27 heavy (non-hydrogen) atoms. The summed E-state index contributed by atoms with van der Waals surface area (Å²) < 4.78 is 5.40. The zero-order valence-electron chi connectivity index (χ0n) is 16.3. The van der Waals surface area contributed by atoms with Gasteiger partial charge in [-0.25, -0.2) is 0 Å². The topological polar surface area (TPSA) is 75.6 Å². The number of ether oxygens (including phenoxy) is 1. The first-order valence-electron chi connectivity index (χ1n) is 9.12. The number of aliphatic carboxylic acids is 1. The van der Waals surface area contributed by atoms with Crippen LogP contribution in [0.1, 0.15) is 39.5 Å². The fourth-order valence-corrected chi connectivity index (χ4v) is 3.26. The predicted octanol–water partition coefficient (Wildman–Crippen LogP) is 3.68. The number of hydrogen-bond acceptors (Lipinski definition) is 3. The molecule has 0 aliphatic carbocycles. The lowest BCUT2D eigenvalue weighted by Gasteiger charge is -2.16. The number of nitrogens with one attached hydrogen (secondary N) is 1. The van der Waals surface area contributed by atoms with Gasteiger partial charge in [-0.05, 0) is 62.9 Å². The first-order chi connectivity index (χ1) is 12.8. The van der Waals surface area contributed by atoms with Gasteiger partial charge in [-0.1, -0.05) is 29.8 Å². The van der Waals surface area contributed by atoms with E-state index >= 15 is 0 Å². The summed E-state index contributed by atoms with van der Waals surface area (Å²) in [5.41, 5.74) is 4.39. The Morgan fingerprint density at radius 1 is 1.07 bits per heavy atom. The maximum atomic E-state index is 12.6. The van der Waals surface area contributed by atoms with Crippen molar-refractivity contribution < 1.29 is 19.4 Å². The van der Waals surface area contributed by atoms with Gasteiger partial charge in [0, 0.05) is 12.1 Å². The van der Waals surface area contributed by atoms with Gasteiger partial charge in [0.2, 0.25) is 0 Å².